The van der Waals surface area contributed by atoms with Gasteiger partial charge in [-0.2, -0.15) is 0 Å². The monoisotopic (exact) mass is 202 g/mol. The second kappa shape index (κ2) is 3.96. The Morgan fingerprint density at radius 1 is 1.40 bits per heavy atom. The Hall–Kier alpha value is -2.10. The fourth-order valence-corrected chi connectivity index (χ4v) is 1.28. The molecule has 1 aromatic carbocycles. The molecule has 0 unspecified atom stereocenters. The molecule has 1 heterocycles. The topological polar surface area (TPSA) is 50.7 Å². The van der Waals surface area contributed by atoms with Crippen LogP contribution in [0.25, 0.3) is 0 Å². The SMILES string of the molecule is COC(=O)Nc1ccccc1C1=NC=C1. The number of amides is 1. The van der Waals surface area contributed by atoms with Crippen molar-refractivity contribution in [2.75, 3.05) is 12.4 Å². The van der Waals surface area contributed by atoms with Crippen LogP contribution in [0.1, 0.15) is 5.56 Å². The molecule has 1 amide bonds. The van der Waals surface area contributed by atoms with E-state index in [0.29, 0.717) is 5.69 Å². The van der Waals surface area contributed by atoms with E-state index in [2.05, 4.69) is 15.0 Å². The highest BCUT2D eigenvalue weighted by molar-refractivity contribution is 6.16. The molecule has 4 heteroatoms. The average molecular weight is 202 g/mol. The number of methoxy groups -OCH3 is 1. The molecular weight excluding hydrogens is 192 g/mol. The van der Waals surface area contributed by atoms with Crippen LogP contribution in [0.3, 0.4) is 0 Å². The zero-order chi connectivity index (χ0) is 10.7. The maximum absolute atomic E-state index is 11.1. The number of carbonyl (C=O) groups is 1. The summed E-state index contributed by atoms with van der Waals surface area (Å²) in [6, 6.07) is 7.44. The van der Waals surface area contributed by atoms with E-state index in [0.717, 1.165) is 11.3 Å². The van der Waals surface area contributed by atoms with Gasteiger partial charge in [0, 0.05) is 11.8 Å². The molecule has 0 spiro atoms. The van der Waals surface area contributed by atoms with Gasteiger partial charge in [0.1, 0.15) is 0 Å². The summed E-state index contributed by atoms with van der Waals surface area (Å²) >= 11 is 0. The van der Waals surface area contributed by atoms with Crippen molar-refractivity contribution in [1.29, 1.82) is 0 Å². The first kappa shape index (κ1) is 9.45. The highest BCUT2D eigenvalue weighted by atomic mass is 16.5. The average Bonchev–Trinajstić information content (AvgIpc) is 2.18. The largest absolute Gasteiger partial charge is 0.453 e. The summed E-state index contributed by atoms with van der Waals surface area (Å²) < 4.78 is 4.53. The van der Waals surface area contributed by atoms with Crippen LogP contribution < -0.4 is 5.32 Å². The smallest absolute Gasteiger partial charge is 0.411 e. The number of rotatable bonds is 2. The predicted octanol–water partition coefficient (Wildman–Crippen LogP) is 2.18. The van der Waals surface area contributed by atoms with Crippen molar-refractivity contribution in [1.82, 2.24) is 0 Å². The molecule has 0 aliphatic carbocycles. The minimum atomic E-state index is -0.480. The lowest BCUT2D eigenvalue weighted by atomic mass is 10.1. The van der Waals surface area contributed by atoms with E-state index < -0.39 is 6.09 Å². The highest BCUT2D eigenvalue weighted by Gasteiger charge is 2.11. The van der Waals surface area contributed by atoms with Crippen molar-refractivity contribution in [3.63, 3.8) is 0 Å². The van der Waals surface area contributed by atoms with Crippen molar-refractivity contribution in [2.24, 2.45) is 4.99 Å². The third-order valence-corrected chi connectivity index (χ3v) is 2.07. The van der Waals surface area contributed by atoms with E-state index in [-0.39, 0.29) is 0 Å². The molecule has 4 nitrogen and oxygen atoms in total. The Labute approximate surface area is 87.3 Å². The van der Waals surface area contributed by atoms with Crippen molar-refractivity contribution in [3.8, 4) is 0 Å². The second-order valence-electron chi connectivity index (χ2n) is 2.99. The van der Waals surface area contributed by atoms with Gasteiger partial charge in [-0.1, -0.05) is 18.2 Å². The van der Waals surface area contributed by atoms with Crippen molar-refractivity contribution < 1.29 is 9.53 Å². The summed E-state index contributed by atoms with van der Waals surface area (Å²) in [7, 11) is 1.33. The Morgan fingerprint density at radius 2 is 2.13 bits per heavy atom. The molecule has 15 heavy (non-hydrogen) atoms. The van der Waals surface area contributed by atoms with Gasteiger partial charge in [-0.05, 0) is 12.1 Å². The van der Waals surface area contributed by atoms with Gasteiger partial charge in [0.05, 0.1) is 18.5 Å². The molecule has 1 aliphatic rings. The minimum Gasteiger partial charge on any atom is -0.453 e. The number of nitrogens with one attached hydrogen (secondary N) is 1. The number of ether oxygens (including phenoxy) is 1. The van der Waals surface area contributed by atoms with Gasteiger partial charge in [-0.3, -0.25) is 10.3 Å². The van der Waals surface area contributed by atoms with Crippen LogP contribution >= 0.6 is 0 Å². The van der Waals surface area contributed by atoms with E-state index in [9.17, 15) is 4.79 Å². The number of hydrogen-bond acceptors (Lipinski definition) is 3. The lowest BCUT2D eigenvalue weighted by Gasteiger charge is -2.12. The van der Waals surface area contributed by atoms with Crippen LogP contribution in [-0.4, -0.2) is 18.9 Å². The maximum Gasteiger partial charge on any atom is 0.411 e. The molecule has 0 fully saturated rings. The zero-order valence-corrected chi connectivity index (χ0v) is 8.23. The zero-order valence-electron chi connectivity index (χ0n) is 8.23. The van der Waals surface area contributed by atoms with Crippen LogP contribution in [0.5, 0.6) is 0 Å². The highest BCUT2D eigenvalue weighted by Crippen LogP contribution is 2.19. The van der Waals surface area contributed by atoms with Gasteiger partial charge >= 0.3 is 6.09 Å². The minimum absolute atomic E-state index is 0.480. The van der Waals surface area contributed by atoms with Crippen LogP contribution in [0.4, 0.5) is 10.5 Å². The molecule has 0 atom stereocenters. The molecule has 1 N–H and O–H groups in total. The summed E-state index contributed by atoms with van der Waals surface area (Å²) in [6.45, 7) is 0. The van der Waals surface area contributed by atoms with E-state index in [1.165, 1.54) is 7.11 Å². The first-order valence-corrected chi connectivity index (χ1v) is 4.50. The van der Waals surface area contributed by atoms with E-state index in [4.69, 9.17) is 0 Å². The number of hydrogen-bond donors (Lipinski definition) is 1. The van der Waals surface area contributed by atoms with Crippen LogP contribution in [0, 0.1) is 0 Å². The van der Waals surface area contributed by atoms with Gasteiger partial charge in [0.2, 0.25) is 0 Å². The van der Waals surface area contributed by atoms with Crippen LogP contribution in [-0.2, 0) is 4.74 Å². The third-order valence-electron chi connectivity index (χ3n) is 2.07. The number of allylic oxidation sites excluding steroid dienone is 1. The van der Waals surface area contributed by atoms with Gasteiger partial charge in [0.25, 0.3) is 0 Å². The van der Waals surface area contributed by atoms with Crippen molar-refractivity contribution >= 4 is 17.5 Å². The number of anilines is 1. The number of carbonyl (C=O) groups excluding carboxylic acids is 1. The molecule has 0 radical (unpaired) electrons. The summed E-state index contributed by atoms with van der Waals surface area (Å²) in [6.07, 6.45) is 3.12. The van der Waals surface area contributed by atoms with Crippen molar-refractivity contribution in [2.45, 2.75) is 0 Å². The van der Waals surface area contributed by atoms with Crippen LogP contribution in [0.2, 0.25) is 0 Å². The molecule has 76 valence electrons. The predicted molar refractivity (Wildman–Crippen MR) is 58.1 cm³/mol. The second-order valence-corrected chi connectivity index (χ2v) is 2.99. The molecule has 0 bridgehead atoms. The number of para-hydroxylation sites is 1. The van der Waals surface area contributed by atoms with Gasteiger partial charge in [0.15, 0.2) is 0 Å². The number of nitrogens with zero attached hydrogens (tertiary/aromatic N) is 1. The molecule has 0 saturated heterocycles. The standard InChI is InChI=1S/C11H10N2O2/c1-15-11(14)13-10-5-3-2-4-8(10)9-6-7-12-9/h2-7H,1H3,(H,13,14). The maximum atomic E-state index is 11.1. The molecule has 1 aliphatic heterocycles. The Kier molecular flexibility index (Phi) is 2.49. The van der Waals surface area contributed by atoms with Crippen molar-refractivity contribution in [3.05, 3.63) is 42.1 Å². The number of aliphatic imine (C=N–C) groups is 1. The van der Waals surface area contributed by atoms with E-state index >= 15 is 0 Å². The first-order chi connectivity index (χ1) is 7.31. The normalized spacial score (nSPS) is 12.7. The van der Waals surface area contributed by atoms with Gasteiger partial charge in [-0.25, -0.2) is 4.79 Å². The lowest BCUT2D eigenvalue weighted by molar-refractivity contribution is 0.187. The van der Waals surface area contributed by atoms with Gasteiger partial charge < -0.3 is 4.74 Å². The number of benzene rings is 1. The summed E-state index contributed by atoms with van der Waals surface area (Å²) in [5, 5.41) is 2.63. The van der Waals surface area contributed by atoms with Crippen LogP contribution in [0.15, 0.2) is 41.5 Å². The van der Waals surface area contributed by atoms with Gasteiger partial charge in [-0.15, -0.1) is 0 Å². The fourth-order valence-electron chi connectivity index (χ4n) is 1.28. The Bertz CT molecular complexity index is 450. The summed E-state index contributed by atoms with van der Waals surface area (Å²) in [5.41, 5.74) is 2.46. The lowest BCUT2D eigenvalue weighted by Crippen LogP contribution is -2.14. The molecule has 2 rings (SSSR count). The Morgan fingerprint density at radius 3 is 2.73 bits per heavy atom. The first-order valence-electron chi connectivity index (χ1n) is 4.50. The molecule has 0 saturated carbocycles. The van der Waals surface area contributed by atoms with E-state index in [1.54, 1.807) is 12.3 Å². The molecular formula is C11H10N2O2. The summed E-state index contributed by atoms with van der Waals surface area (Å²) in [4.78, 5) is 15.1. The Balaban J connectivity index is 2.26. The fraction of sp³-hybridized carbons (Fsp3) is 0.0909. The third kappa shape index (κ3) is 1.88. The quantitative estimate of drug-likeness (QED) is 0.799. The molecule has 0 aromatic heterocycles. The molecule has 1 aromatic rings. The summed E-state index contributed by atoms with van der Waals surface area (Å²) in [5.74, 6) is 0. The van der Waals surface area contributed by atoms with E-state index in [1.807, 2.05) is 24.3 Å².